The summed E-state index contributed by atoms with van der Waals surface area (Å²) < 4.78 is 41.3. The number of aliphatic imine (C=N–C) groups is 1. The Labute approximate surface area is 231 Å². The molecular weight excluding hydrogens is 512 g/mol. The Kier molecular flexibility index (Phi) is 8.10. The lowest BCUT2D eigenvalue weighted by Gasteiger charge is -2.16. The smallest absolute Gasteiger partial charge is 0.331 e. The minimum Gasteiger partial charge on any atom is -0.460 e. The fraction of sp³-hybridized carbons (Fsp3) is 0.182. The molecule has 0 aliphatic heterocycles. The van der Waals surface area contributed by atoms with Gasteiger partial charge in [-0.05, 0) is 11.1 Å². The van der Waals surface area contributed by atoms with Crippen molar-refractivity contribution in [2.75, 3.05) is 0 Å². The van der Waals surface area contributed by atoms with Gasteiger partial charge in [0.2, 0.25) is 0 Å². The molecule has 1 fully saturated rings. The normalized spacial score (nSPS) is 17.8. The van der Waals surface area contributed by atoms with Crippen LogP contribution in [-0.4, -0.2) is 29.6 Å². The minimum atomic E-state index is -3.49. The van der Waals surface area contributed by atoms with Crippen LogP contribution in [0.3, 0.4) is 0 Å². The van der Waals surface area contributed by atoms with Crippen LogP contribution in [0.25, 0.3) is 0 Å². The molecule has 0 heterocycles. The molecular formula is C33H27F2NO4. The van der Waals surface area contributed by atoms with Crippen LogP contribution in [0, 0.1) is 11.8 Å². The van der Waals surface area contributed by atoms with Crippen LogP contribution in [0.1, 0.15) is 22.3 Å². The van der Waals surface area contributed by atoms with Gasteiger partial charge in [-0.3, -0.25) is 9.79 Å². The highest BCUT2D eigenvalue weighted by atomic mass is 19.3. The highest BCUT2D eigenvalue weighted by molar-refractivity contribution is 6.13. The third-order valence-electron chi connectivity index (χ3n) is 6.76. The number of benzene rings is 4. The van der Waals surface area contributed by atoms with Crippen molar-refractivity contribution in [3.05, 3.63) is 144 Å². The Morgan fingerprint density at radius 2 is 1.10 bits per heavy atom. The first-order valence-corrected chi connectivity index (χ1v) is 12.9. The number of hydrogen-bond donors (Lipinski definition) is 0. The fourth-order valence-corrected chi connectivity index (χ4v) is 4.61. The topological polar surface area (TPSA) is 65.0 Å². The number of esters is 2. The number of alkyl halides is 2. The predicted octanol–water partition coefficient (Wildman–Crippen LogP) is 6.26. The van der Waals surface area contributed by atoms with E-state index in [4.69, 9.17) is 9.47 Å². The molecule has 1 aliphatic rings. The second-order valence-electron chi connectivity index (χ2n) is 9.52. The average molecular weight is 540 g/mol. The van der Waals surface area contributed by atoms with Crippen molar-refractivity contribution in [1.29, 1.82) is 0 Å². The summed E-state index contributed by atoms with van der Waals surface area (Å²) >= 11 is 0. The third kappa shape index (κ3) is 6.15. The molecule has 0 amide bonds. The van der Waals surface area contributed by atoms with Crippen molar-refractivity contribution in [1.82, 2.24) is 0 Å². The lowest BCUT2D eigenvalue weighted by Crippen LogP contribution is -2.28. The molecule has 0 saturated heterocycles. The van der Waals surface area contributed by atoms with E-state index >= 15 is 8.78 Å². The van der Waals surface area contributed by atoms with Crippen LogP contribution in [0.15, 0.2) is 126 Å². The molecule has 5 nitrogen and oxygen atoms in total. The molecule has 0 aromatic heterocycles. The van der Waals surface area contributed by atoms with E-state index in [2.05, 4.69) is 4.99 Å². The van der Waals surface area contributed by atoms with Crippen molar-refractivity contribution in [3.63, 3.8) is 0 Å². The number of nitrogens with zero attached hydrogens (tertiary/aromatic N) is 1. The monoisotopic (exact) mass is 539 g/mol. The van der Waals surface area contributed by atoms with E-state index in [1.165, 1.54) is 0 Å². The molecule has 0 bridgehead atoms. The van der Waals surface area contributed by atoms with Crippen molar-refractivity contribution in [3.8, 4) is 0 Å². The van der Waals surface area contributed by atoms with E-state index in [0.29, 0.717) is 28.0 Å². The minimum absolute atomic E-state index is 0.112. The zero-order valence-electron chi connectivity index (χ0n) is 21.5. The lowest BCUT2D eigenvalue weighted by molar-refractivity contribution is -0.149. The number of carbonyl (C=O) groups is 2. The molecule has 1 saturated carbocycles. The molecule has 0 unspecified atom stereocenters. The van der Waals surface area contributed by atoms with E-state index in [1.807, 2.05) is 18.2 Å². The van der Waals surface area contributed by atoms with Crippen LogP contribution >= 0.6 is 0 Å². The predicted molar refractivity (Wildman–Crippen MR) is 147 cm³/mol. The van der Waals surface area contributed by atoms with Crippen LogP contribution < -0.4 is 0 Å². The second-order valence-corrected chi connectivity index (χ2v) is 9.52. The number of carbonyl (C=O) groups excluding carboxylic acids is 2. The molecule has 40 heavy (non-hydrogen) atoms. The molecule has 0 spiro atoms. The largest absolute Gasteiger partial charge is 0.460 e. The first-order valence-electron chi connectivity index (χ1n) is 12.9. The Morgan fingerprint density at radius 3 is 1.57 bits per heavy atom. The van der Waals surface area contributed by atoms with Gasteiger partial charge in [-0.1, -0.05) is 121 Å². The van der Waals surface area contributed by atoms with Gasteiger partial charge in [0, 0.05) is 11.1 Å². The van der Waals surface area contributed by atoms with Gasteiger partial charge in [0.05, 0.1) is 11.6 Å². The van der Waals surface area contributed by atoms with Gasteiger partial charge in [-0.15, -0.1) is 0 Å². The van der Waals surface area contributed by atoms with Gasteiger partial charge in [0.1, 0.15) is 19.1 Å². The van der Waals surface area contributed by atoms with E-state index in [-0.39, 0.29) is 13.2 Å². The number of halogens is 2. The standard InChI is InChI=1S/C33H27F2NO4/c34-33(35)27(28(33)31(37)39-21-23-13-5-1-6-14-23)30(32(38)40-22-24-15-7-2-8-16-24)36-29(25-17-9-3-10-18-25)26-19-11-4-12-20-26/h1-20,27-28,30H,21-22H2/t27-,28-,30+/m1/s1. The SMILES string of the molecule is O=C(OCc1ccccc1)[C@@H](N=C(c1ccccc1)c1ccccc1)[C@H]1[C@H](C(=O)OCc2ccccc2)C1(F)F. The maximum absolute atomic E-state index is 15.3. The summed E-state index contributed by atoms with van der Waals surface area (Å²) in [7, 11) is 0. The zero-order valence-corrected chi connectivity index (χ0v) is 21.5. The van der Waals surface area contributed by atoms with Gasteiger partial charge in [0.25, 0.3) is 5.92 Å². The zero-order chi connectivity index (χ0) is 28.0. The van der Waals surface area contributed by atoms with Gasteiger partial charge in [0.15, 0.2) is 6.04 Å². The molecule has 202 valence electrons. The van der Waals surface area contributed by atoms with Gasteiger partial charge in [-0.25, -0.2) is 13.6 Å². The summed E-state index contributed by atoms with van der Waals surface area (Å²) in [6.45, 7) is -0.260. The first-order chi connectivity index (χ1) is 19.4. The molecule has 0 N–H and O–H groups in total. The third-order valence-corrected chi connectivity index (χ3v) is 6.76. The first kappa shape index (κ1) is 26.9. The van der Waals surface area contributed by atoms with Gasteiger partial charge in [-0.2, -0.15) is 0 Å². The molecule has 1 aliphatic carbocycles. The summed E-state index contributed by atoms with van der Waals surface area (Å²) in [5.74, 6) is -9.03. The summed E-state index contributed by atoms with van der Waals surface area (Å²) in [5, 5.41) is 0. The van der Waals surface area contributed by atoms with Crippen LogP contribution in [0.4, 0.5) is 8.78 Å². The Balaban J connectivity index is 1.47. The molecule has 7 heteroatoms. The van der Waals surface area contributed by atoms with Gasteiger partial charge >= 0.3 is 11.9 Å². The van der Waals surface area contributed by atoms with Crippen LogP contribution in [0.5, 0.6) is 0 Å². The van der Waals surface area contributed by atoms with Crippen LogP contribution in [0.2, 0.25) is 0 Å². The molecule has 5 rings (SSSR count). The summed E-state index contributed by atoms with van der Waals surface area (Å²) in [4.78, 5) is 30.8. The second kappa shape index (κ2) is 12.0. The molecule has 3 atom stereocenters. The van der Waals surface area contributed by atoms with E-state index in [1.54, 1.807) is 103 Å². The van der Waals surface area contributed by atoms with Crippen molar-refractivity contribution < 1.29 is 27.8 Å². The highest BCUT2D eigenvalue weighted by Gasteiger charge is 2.76. The maximum atomic E-state index is 15.3. The Morgan fingerprint density at radius 1 is 0.675 bits per heavy atom. The van der Waals surface area contributed by atoms with Gasteiger partial charge < -0.3 is 9.47 Å². The summed E-state index contributed by atoms with van der Waals surface area (Å²) in [5.41, 5.74) is 3.00. The van der Waals surface area contributed by atoms with Crippen molar-refractivity contribution >= 4 is 17.7 Å². The molecule has 4 aromatic carbocycles. The quantitative estimate of drug-likeness (QED) is 0.176. The summed E-state index contributed by atoms with van der Waals surface area (Å²) in [6, 6.07) is 34.1. The molecule has 0 radical (unpaired) electrons. The fourth-order valence-electron chi connectivity index (χ4n) is 4.61. The Bertz CT molecular complexity index is 1420. The highest BCUT2D eigenvalue weighted by Crippen LogP contribution is 2.58. The Hall–Kier alpha value is -4.65. The molecule has 4 aromatic rings. The number of ether oxygens (including phenoxy) is 2. The van der Waals surface area contributed by atoms with Crippen molar-refractivity contribution in [2.24, 2.45) is 16.8 Å². The van der Waals surface area contributed by atoms with E-state index < -0.39 is 35.7 Å². The van der Waals surface area contributed by atoms with Crippen LogP contribution in [-0.2, 0) is 32.3 Å². The van der Waals surface area contributed by atoms with Crippen molar-refractivity contribution in [2.45, 2.75) is 25.2 Å². The van der Waals surface area contributed by atoms with E-state index in [9.17, 15) is 9.59 Å². The maximum Gasteiger partial charge on any atom is 0.331 e. The summed E-state index contributed by atoms with van der Waals surface area (Å²) in [6.07, 6.45) is 0. The van der Waals surface area contributed by atoms with E-state index in [0.717, 1.165) is 0 Å². The lowest BCUT2D eigenvalue weighted by atomic mass is 10.0. The average Bonchev–Trinajstić information content (AvgIpc) is 3.58. The number of hydrogen-bond acceptors (Lipinski definition) is 5. The number of rotatable bonds is 10.